The molecule has 7 rings (SSSR count). The Kier molecular flexibility index (Phi) is 12.4. The molecular formula is C44H55Cl3N2O10. The Hall–Kier alpha value is -3.13. The van der Waals surface area contributed by atoms with E-state index in [0.717, 1.165) is 19.3 Å². The van der Waals surface area contributed by atoms with E-state index in [0.29, 0.717) is 32.1 Å². The van der Waals surface area contributed by atoms with Crippen molar-refractivity contribution in [1.82, 2.24) is 10.3 Å². The van der Waals surface area contributed by atoms with Crippen LogP contribution in [0, 0.1) is 40.4 Å². The van der Waals surface area contributed by atoms with E-state index >= 15 is 4.79 Å². The van der Waals surface area contributed by atoms with E-state index in [1.54, 1.807) is 19.9 Å². The monoisotopic (exact) mass is 876 g/mol. The van der Waals surface area contributed by atoms with Gasteiger partial charge in [0.05, 0.1) is 39.8 Å². The highest BCUT2D eigenvalue weighted by atomic mass is 35.5. The lowest BCUT2D eigenvalue weighted by molar-refractivity contribution is -0.258. The molecule has 3 heterocycles. The zero-order valence-electron chi connectivity index (χ0n) is 34.1. The number of amides is 1. The number of hydrogen-bond donors (Lipinski definition) is 5. The topological polar surface area (TPSA) is 184 Å². The van der Waals surface area contributed by atoms with Crippen molar-refractivity contribution in [2.75, 3.05) is 0 Å². The number of aliphatic hydroxyl groups is 2. The Morgan fingerprint density at radius 3 is 2.46 bits per heavy atom. The number of nitrogens with one attached hydrogen (secondary N) is 2. The van der Waals surface area contributed by atoms with Gasteiger partial charge in [-0.1, -0.05) is 92.4 Å². The summed E-state index contributed by atoms with van der Waals surface area (Å²) in [6.45, 7) is 9.43. The van der Waals surface area contributed by atoms with E-state index < -0.39 is 76.6 Å². The maximum Gasteiger partial charge on any atom is 0.346 e. The molecule has 6 aliphatic rings. The van der Waals surface area contributed by atoms with Gasteiger partial charge in [0.2, 0.25) is 5.78 Å². The molecular weight excluding hydrogens is 823 g/mol. The number of carbonyl (C=O) groups excluding carboxylic acids is 3. The molecule has 5 N–H and O–H groups in total. The number of esters is 1. The number of hydrogen-bond acceptors (Lipinski definition) is 9. The smallest absolute Gasteiger partial charge is 0.346 e. The number of aliphatic hydroxyl groups excluding tert-OH is 2. The summed E-state index contributed by atoms with van der Waals surface area (Å²) in [6.07, 6.45) is 12.1. The maximum absolute atomic E-state index is 15.1. The van der Waals surface area contributed by atoms with Gasteiger partial charge in [-0.25, -0.2) is 9.59 Å². The summed E-state index contributed by atoms with van der Waals surface area (Å²) < 4.78 is 19.3. The molecule has 13 atom stereocenters. The van der Waals surface area contributed by atoms with Crippen molar-refractivity contribution in [2.24, 2.45) is 40.4 Å². The Morgan fingerprint density at radius 1 is 1.07 bits per heavy atom. The van der Waals surface area contributed by atoms with Crippen LogP contribution in [0.15, 0.2) is 47.3 Å². The van der Waals surface area contributed by atoms with Crippen molar-refractivity contribution in [3.8, 4) is 0 Å². The maximum atomic E-state index is 15.1. The molecule has 2 saturated heterocycles. The predicted octanol–water partition coefficient (Wildman–Crippen LogP) is 8.45. The molecule has 322 valence electrons. The standard InChI is InChI=1S/C44H55Cl3N2O10/c1-6-23-19-44-37(52)30(41(56)59-44)36(51)43(7-2)24(12-10-8-9-11-17-42(44,5)20-26(23)40(54)55)14-15-25-27(43)16-13-21(3)35(25)58-29-18-28(50)33(22(4)57-29)49-39(53)34-31(45)32(46)38(47)48-34/h11,14-15,17,20-25,27-29,33,35,48,50-51H,6-10,12-13,16,18-19H2,1-5H3,(H,49,53)(H,54,55)/t21-,22+,23-,24+,25-,27-,28+,29-,33+,35-,42-,43+,44+/m0/s1. The number of H-pyrrole nitrogens is 1. The quantitative estimate of drug-likeness (QED) is 0.101. The third kappa shape index (κ3) is 7.21. The van der Waals surface area contributed by atoms with Gasteiger partial charge in [0.25, 0.3) is 5.91 Å². The summed E-state index contributed by atoms with van der Waals surface area (Å²) in [6, 6.07) is -0.800. The van der Waals surface area contributed by atoms with Gasteiger partial charge in [-0.3, -0.25) is 9.59 Å². The highest BCUT2D eigenvalue weighted by Gasteiger charge is 2.67. The molecule has 59 heavy (non-hydrogen) atoms. The SMILES string of the molecule is CC[C@H]1C[C@]23OC(=O)C(=C(O)[C@]4(CC)[C@@H](C=C[C@@H]5[C@@H](O[C@H]6C[C@@H](O)[C@H](NC(=O)c7[nH]c(Cl)c(Cl)c7Cl)[C@@H](C)O6)[C@@H](C)CC[C@@H]54)CCCCC=C[C@@]2(C)C=C1C(=O)O)C3=O. The zero-order chi connectivity index (χ0) is 42.8. The first kappa shape index (κ1) is 43.9. The molecule has 12 nitrogen and oxygen atoms in total. The van der Waals surface area contributed by atoms with Crippen molar-refractivity contribution < 1.29 is 48.7 Å². The zero-order valence-corrected chi connectivity index (χ0v) is 36.3. The number of aromatic nitrogens is 1. The number of halogens is 3. The molecule has 3 fully saturated rings. The molecule has 15 heteroatoms. The highest BCUT2D eigenvalue weighted by Crippen LogP contribution is 2.61. The van der Waals surface area contributed by atoms with Crippen molar-refractivity contribution in [3.05, 3.63) is 68.2 Å². The van der Waals surface area contributed by atoms with E-state index in [9.17, 15) is 29.7 Å². The van der Waals surface area contributed by atoms with E-state index in [1.807, 2.05) is 26.0 Å². The summed E-state index contributed by atoms with van der Waals surface area (Å²) in [7, 11) is 0. The number of ether oxygens (including phenoxy) is 3. The fourth-order valence-electron chi connectivity index (χ4n) is 11.3. The number of rotatable bonds is 7. The first-order valence-electron chi connectivity index (χ1n) is 21.0. The number of ketones is 1. The van der Waals surface area contributed by atoms with Crippen molar-refractivity contribution in [2.45, 2.75) is 135 Å². The second kappa shape index (κ2) is 16.6. The number of carbonyl (C=O) groups is 4. The van der Waals surface area contributed by atoms with Crippen LogP contribution in [0.4, 0.5) is 0 Å². The number of allylic oxidation sites excluding steroid dienone is 3. The van der Waals surface area contributed by atoms with Crippen LogP contribution in [0.2, 0.25) is 15.2 Å². The lowest BCUT2D eigenvalue weighted by atomic mass is 9.50. The number of Topliss-reactive ketones (excluding diaryl/α,β-unsaturated/α-hetero) is 1. The molecule has 1 saturated carbocycles. The Balaban J connectivity index is 1.21. The number of carboxylic acids is 1. The molecule has 0 aromatic carbocycles. The van der Waals surface area contributed by atoms with Crippen LogP contribution >= 0.6 is 34.8 Å². The number of aliphatic carboxylic acids is 1. The summed E-state index contributed by atoms with van der Waals surface area (Å²) in [5, 5.41) is 37.1. The van der Waals surface area contributed by atoms with Gasteiger partial charge in [-0.05, 0) is 82.5 Å². The second-order valence-electron chi connectivity index (χ2n) is 17.7. The first-order valence-corrected chi connectivity index (χ1v) is 22.1. The molecule has 0 unspecified atom stereocenters. The lowest BCUT2D eigenvalue weighted by Gasteiger charge is -2.55. The van der Waals surface area contributed by atoms with Crippen molar-refractivity contribution in [3.63, 3.8) is 0 Å². The molecule has 1 aromatic heterocycles. The average Bonchev–Trinajstić information content (AvgIpc) is 3.60. The summed E-state index contributed by atoms with van der Waals surface area (Å²) in [5.74, 6) is -4.60. The van der Waals surface area contributed by atoms with Gasteiger partial charge < -0.3 is 39.8 Å². The Bertz CT molecular complexity index is 2000. The van der Waals surface area contributed by atoms with Gasteiger partial charge in [-0.15, -0.1) is 0 Å². The molecule has 1 aromatic rings. The van der Waals surface area contributed by atoms with Crippen LogP contribution in [0.1, 0.15) is 109 Å². The third-order valence-electron chi connectivity index (χ3n) is 14.6. The van der Waals surface area contributed by atoms with Crippen molar-refractivity contribution in [1.29, 1.82) is 0 Å². The minimum absolute atomic E-state index is 0.00955. The van der Waals surface area contributed by atoms with E-state index in [4.69, 9.17) is 49.0 Å². The largest absolute Gasteiger partial charge is 0.511 e. The summed E-state index contributed by atoms with van der Waals surface area (Å²) in [4.78, 5) is 57.5. The van der Waals surface area contributed by atoms with Crippen LogP contribution in [-0.4, -0.2) is 80.2 Å². The summed E-state index contributed by atoms with van der Waals surface area (Å²) in [5.41, 5.74) is -4.18. The average molecular weight is 878 g/mol. The van der Waals surface area contributed by atoms with E-state index in [2.05, 4.69) is 29.4 Å². The molecule has 0 radical (unpaired) electrons. The van der Waals surface area contributed by atoms with Crippen LogP contribution in [0.3, 0.4) is 0 Å². The fourth-order valence-corrected chi connectivity index (χ4v) is 12.0. The summed E-state index contributed by atoms with van der Waals surface area (Å²) >= 11 is 18.3. The molecule has 2 aliphatic heterocycles. The Labute approximate surface area is 359 Å². The molecule has 4 aliphatic carbocycles. The van der Waals surface area contributed by atoms with Crippen LogP contribution in [0.5, 0.6) is 0 Å². The van der Waals surface area contributed by atoms with Gasteiger partial charge >= 0.3 is 11.9 Å². The normalized spacial score (nSPS) is 39.8. The third-order valence-corrected chi connectivity index (χ3v) is 15.8. The van der Waals surface area contributed by atoms with Crippen LogP contribution < -0.4 is 5.32 Å². The Morgan fingerprint density at radius 2 is 1.81 bits per heavy atom. The minimum atomic E-state index is -1.72. The first-order chi connectivity index (χ1) is 27.9. The minimum Gasteiger partial charge on any atom is -0.511 e. The van der Waals surface area contributed by atoms with Crippen molar-refractivity contribution >= 4 is 58.4 Å². The van der Waals surface area contributed by atoms with Gasteiger partial charge in [0.1, 0.15) is 22.2 Å². The van der Waals surface area contributed by atoms with Gasteiger partial charge in [0, 0.05) is 29.7 Å². The molecule has 1 spiro atoms. The van der Waals surface area contributed by atoms with Crippen LogP contribution in [0.25, 0.3) is 0 Å². The van der Waals surface area contributed by atoms with Gasteiger partial charge in [-0.2, -0.15) is 0 Å². The second-order valence-corrected chi connectivity index (χ2v) is 18.8. The fraction of sp³-hybridized carbons (Fsp3) is 0.636. The number of aromatic amines is 1. The highest BCUT2D eigenvalue weighted by molar-refractivity contribution is 6.49. The van der Waals surface area contributed by atoms with Gasteiger partial charge in [0.15, 0.2) is 11.9 Å². The van der Waals surface area contributed by atoms with E-state index in [-0.39, 0.29) is 74.3 Å². The van der Waals surface area contributed by atoms with Crippen LogP contribution in [-0.2, 0) is 28.6 Å². The molecule has 2 bridgehead atoms. The number of fused-ring (bicyclic) bond motifs is 4. The molecule has 1 amide bonds. The van der Waals surface area contributed by atoms with E-state index in [1.165, 1.54) is 0 Å². The lowest BCUT2D eigenvalue weighted by Crippen LogP contribution is -2.58. The predicted molar refractivity (Wildman–Crippen MR) is 221 cm³/mol. The number of carboxylic acid groups (broad SMARTS) is 1.